The average molecular weight is 188 g/mol. The van der Waals surface area contributed by atoms with Crippen molar-refractivity contribution in [1.29, 1.82) is 0 Å². The molecule has 1 aromatic rings. The normalized spacial score (nSPS) is 15.2. The Hall–Kier alpha value is -0.990. The van der Waals surface area contributed by atoms with Crippen LogP contribution in [0.2, 0.25) is 0 Å². The third-order valence-electron chi connectivity index (χ3n) is 1.11. The zero-order valence-corrected chi connectivity index (χ0v) is 7.36. The predicted molar refractivity (Wildman–Crippen MR) is 44.5 cm³/mol. The summed E-state index contributed by atoms with van der Waals surface area (Å²) in [6, 6.07) is 5.60. The van der Waals surface area contributed by atoms with Crippen LogP contribution in [0.15, 0.2) is 24.3 Å². The minimum Gasteiger partial charge on any atom is -0.508 e. The van der Waals surface area contributed by atoms with E-state index in [0.717, 1.165) is 6.66 Å². The first kappa shape index (κ1) is 9.10. The fourth-order valence-electron chi connectivity index (χ4n) is 0.703. The number of rotatable bonds is 2. The lowest BCUT2D eigenvalue weighted by atomic mass is 10.3. The van der Waals surface area contributed by atoms with Gasteiger partial charge in [0.1, 0.15) is 11.5 Å². The fraction of sp³-hybridized carbons (Fsp3) is 0.143. The van der Waals surface area contributed by atoms with Gasteiger partial charge in [-0.2, -0.15) is 0 Å². The standard InChI is InChI=1S/C7H9O4P/c1-12(9,10)11-7-4-2-6(8)3-5-7/h2-5,8H,1H3,(H,9,10). The Bertz CT molecular complexity index is 300. The highest BCUT2D eigenvalue weighted by Crippen LogP contribution is 2.38. The Morgan fingerprint density at radius 1 is 1.33 bits per heavy atom. The monoisotopic (exact) mass is 188 g/mol. The van der Waals surface area contributed by atoms with Crippen LogP contribution < -0.4 is 4.52 Å². The molecule has 2 N–H and O–H groups in total. The SMILES string of the molecule is CP(=O)(O)Oc1ccc(O)cc1. The van der Waals surface area contributed by atoms with Crippen LogP contribution in [0.1, 0.15) is 0 Å². The molecule has 66 valence electrons. The van der Waals surface area contributed by atoms with Crippen molar-refractivity contribution in [2.75, 3.05) is 6.66 Å². The van der Waals surface area contributed by atoms with Crippen LogP contribution in [0.4, 0.5) is 0 Å². The van der Waals surface area contributed by atoms with Gasteiger partial charge in [-0.3, -0.25) is 0 Å². The molecule has 5 heteroatoms. The van der Waals surface area contributed by atoms with Crippen molar-refractivity contribution in [3.63, 3.8) is 0 Å². The van der Waals surface area contributed by atoms with E-state index in [2.05, 4.69) is 4.52 Å². The largest absolute Gasteiger partial charge is 0.508 e. The lowest BCUT2D eigenvalue weighted by Crippen LogP contribution is -1.88. The van der Waals surface area contributed by atoms with E-state index < -0.39 is 7.60 Å². The van der Waals surface area contributed by atoms with Crippen LogP contribution in [0, 0.1) is 0 Å². The smallest absolute Gasteiger partial charge is 0.373 e. The third kappa shape index (κ3) is 2.95. The zero-order valence-electron chi connectivity index (χ0n) is 6.47. The van der Waals surface area contributed by atoms with Gasteiger partial charge in [0.05, 0.1) is 0 Å². The van der Waals surface area contributed by atoms with E-state index >= 15 is 0 Å². The summed E-state index contributed by atoms with van der Waals surface area (Å²) in [5, 5.41) is 8.87. The maximum atomic E-state index is 10.7. The van der Waals surface area contributed by atoms with Crippen molar-refractivity contribution in [3.8, 4) is 11.5 Å². The van der Waals surface area contributed by atoms with Gasteiger partial charge >= 0.3 is 7.60 Å². The van der Waals surface area contributed by atoms with E-state index in [1.165, 1.54) is 24.3 Å². The topological polar surface area (TPSA) is 66.8 Å². The Morgan fingerprint density at radius 2 is 1.83 bits per heavy atom. The van der Waals surface area contributed by atoms with Crippen LogP contribution in [0.5, 0.6) is 11.5 Å². The molecule has 0 bridgehead atoms. The molecule has 0 aliphatic carbocycles. The molecule has 0 aliphatic heterocycles. The van der Waals surface area contributed by atoms with E-state index in [4.69, 9.17) is 10.00 Å². The van der Waals surface area contributed by atoms with Gasteiger partial charge in [-0.15, -0.1) is 0 Å². The summed E-state index contributed by atoms with van der Waals surface area (Å²) < 4.78 is 15.4. The van der Waals surface area contributed by atoms with E-state index in [9.17, 15) is 4.57 Å². The fourth-order valence-corrected chi connectivity index (χ4v) is 1.22. The van der Waals surface area contributed by atoms with E-state index in [1.807, 2.05) is 0 Å². The van der Waals surface area contributed by atoms with Crippen molar-refractivity contribution in [2.24, 2.45) is 0 Å². The van der Waals surface area contributed by atoms with Gasteiger partial charge in [0, 0.05) is 6.66 Å². The summed E-state index contributed by atoms with van der Waals surface area (Å²) in [6.45, 7) is 1.10. The molecule has 0 spiro atoms. The summed E-state index contributed by atoms with van der Waals surface area (Å²) in [7, 11) is -3.48. The molecule has 0 fully saturated rings. The molecule has 0 heterocycles. The first-order chi connectivity index (χ1) is 5.47. The Labute approximate surface area is 70.0 Å². The summed E-state index contributed by atoms with van der Waals surface area (Å²) in [6.07, 6.45) is 0. The lowest BCUT2D eigenvalue weighted by Gasteiger charge is -2.07. The van der Waals surface area contributed by atoms with Gasteiger partial charge in [0.15, 0.2) is 0 Å². The van der Waals surface area contributed by atoms with Crippen molar-refractivity contribution >= 4 is 7.60 Å². The van der Waals surface area contributed by atoms with Gasteiger partial charge in [0.25, 0.3) is 0 Å². The third-order valence-corrected chi connectivity index (χ3v) is 1.66. The molecule has 0 saturated carbocycles. The van der Waals surface area contributed by atoms with Gasteiger partial charge in [0.2, 0.25) is 0 Å². The maximum Gasteiger partial charge on any atom is 0.373 e. The predicted octanol–water partition coefficient (Wildman–Crippen LogP) is 1.59. The second-order valence-corrected chi connectivity index (χ2v) is 4.18. The van der Waals surface area contributed by atoms with Crippen molar-refractivity contribution in [1.82, 2.24) is 0 Å². The van der Waals surface area contributed by atoms with Crippen molar-refractivity contribution in [3.05, 3.63) is 24.3 Å². The van der Waals surface area contributed by atoms with Crippen LogP contribution in [0.25, 0.3) is 0 Å². The second-order valence-electron chi connectivity index (χ2n) is 2.39. The number of phenolic OH excluding ortho intramolecular Hbond substituents is 1. The summed E-state index contributed by atoms with van der Waals surface area (Å²) in [5.74, 6) is 0.354. The van der Waals surface area contributed by atoms with Crippen LogP contribution in [0.3, 0.4) is 0 Å². The average Bonchev–Trinajstić information content (AvgIpc) is 1.91. The molecule has 0 amide bonds. The molecule has 1 aromatic carbocycles. The Kier molecular flexibility index (Phi) is 2.40. The highest BCUT2D eigenvalue weighted by Gasteiger charge is 2.10. The molecule has 0 aromatic heterocycles. The van der Waals surface area contributed by atoms with Crippen LogP contribution in [-0.2, 0) is 4.57 Å². The van der Waals surface area contributed by atoms with Gasteiger partial charge in [-0.25, -0.2) is 4.57 Å². The van der Waals surface area contributed by atoms with Gasteiger partial charge in [-0.1, -0.05) is 0 Å². The van der Waals surface area contributed by atoms with Crippen molar-refractivity contribution < 1.29 is 19.1 Å². The number of benzene rings is 1. The van der Waals surface area contributed by atoms with Gasteiger partial charge < -0.3 is 14.5 Å². The zero-order chi connectivity index (χ0) is 9.19. The van der Waals surface area contributed by atoms with Crippen molar-refractivity contribution in [2.45, 2.75) is 0 Å². The first-order valence-electron chi connectivity index (χ1n) is 3.26. The molecule has 0 saturated heterocycles. The summed E-state index contributed by atoms with van der Waals surface area (Å²) in [4.78, 5) is 8.81. The Morgan fingerprint density at radius 3 is 2.25 bits per heavy atom. The number of phenols is 1. The second kappa shape index (κ2) is 3.17. The Balaban J connectivity index is 2.78. The van der Waals surface area contributed by atoms with Crippen LogP contribution in [-0.4, -0.2) is 16.7 Å². The molecule has 4 nitrogen and oxygen atoms in total. The molecule has 12 heavy (non-hydrogen) atoms. The number of hydrogen-bond donors (Lipinski definition) is 2. The molecule has 1 rings (SSSR count). The summed E-state index contributed by atoms with van der Waals surface area (Å²) >= 11 is 0. The van der Waals surface area contributed by atoms with Crippen LogP contribution >= 0.6 is 7.60 Å². The minimum absolute atomic E-state index is 0.0891. The van der Waals surface area contributed by atoms with E-state index in [1.54, 1.807) is 0 Å². The highest BCUT2D eigenvalue weighted by molar-refractivity contribution is 7.52. The quantitative estimate of drug-likeness (QED) is 0.691. The lowest BCUT2D eigenvalue weighted by molar-refractivity contribution is 0.387. The molecule has 0 radical (unpaired) electrons. The molecule has 0 aliphatic rings. The minimum atomic E-state index is -3.48. The maximum absolute atomic E-state index is 10.7. The van der Waals surface area contributed by atoms with Gasteiger partial charge in [-0.05, 0) is 24.3 Å². The molecular formula is C7H9O4P. The highest BCUT2D eigenvalue weighted by atomic mass is 31.2. The van der Waals surface area contributed by atoms with E-state index in [0.29, 0.717) is 0 Å². The number of aromatic hydroxyl groups is 1. The first-order valence-corrected chi connectivity index (χ1v) is 5.29. The molecular weight excluding hydrogens is 179 g/mol. The summed E-state index contributed by atoms with van der Waals surface area (Å²) in [5.41, 5.74) is 0. The molecule has 1 atom stereocenters. The number of hydrogen-bond acceptors (Lipinski definition) is 3. The van der Waals surface area contributed by atoms with E-state index in [-0.39, 0.29) is 11.5 Å². The molecule has 1 unspecified atom stereocenters.